The molecule has 4 rings (SSSR count). The maximum Gasteiger partial charge on any atom is 0.244 e. The molecule has 0 radical (unpaired) electrons. The quantitative estimate of drug-likeness (QED) is 0.557. The van der Waals surface area contributed by atoms with Crippen LogP contribution in [0.15, 0.2) is 83.8 Å². The first-order valence-corrected chi connectivity index (χ1v) is 12.0. The first kappa shape index (κ1) is 20.0. The molecule has 4 nitrogen and oxygen atoms in total. The van der Waals surface area contributed by atoms with Crippen LogP contribution in [-0.2, 0) is 16.6 Å². The van der Waals surface area contributed by atoms with Gasteiger partial charge in [0.2, 0.25) is 10.0 Å². The summed E-state index contributed by atoms with van der Waals surface area (Å²) in [4.78, 5) is 0.340. The SMILES string of the molecule is Cc1ccc(S(=O)(=O)N2CCS[C@@H]2c2cccc(OCc3ccccc3)c2)cc1. The zero-order valence-electron chi connectivity index (χ0n) is 16.2. The second-order valence-electron chi connectivity index (χ2n) is 7.00. The zero-order valence-corrected chi connectivity index (χ0v) is 17.8. The van der Waals surface area contributed by atoms with Gasteiger partial charge in [-0.05, 0) is 42.3 Å². The molecule has 3 aromatic carbocycles. The Morgan fingerprint density at radius 3 is 2.52 bits per heavy atom. The largest absolute Gasteiger partial charge is 0.489 e. The van der Waals surface area contributed by atoms with E-state index in [-0.39, 0.29) is 5.37 Å². The third kappa shape index (κ3) is 4.50. The van der Waals surface area contributed by atoms with Gasteiger partial charge in [-0.2, -0.15) is 4.31 Å². The van der Waals surface area contributed by atoms with Gasteiger partial charge in [0.05, 0.1) is 10.3 Å². The highest BCUT2D eigenvalue weighted by Gasteiger charge is 2.36. The molecule has 0 amide bonds. The molecule has 6 heteroatoms. The maximum atomic E-state index is 13.2. The highest BCUT2D eigenvalue weighted by molar-refractivity contribution is 8.01. The molecule has 0 aromatic heterocycles. The van der Waals surface area contributed by atoms with Crippen LogP contribution in [0.25, 0.3) is 0 Å². The lowest BCUT2D eigenvalue weighted by molar-refractivity contribution is 0.305. The Hall–Kier alpha value is -2.28. The summed E-state index contributed by atoms with van der Waals surface area (Å²) in [5, 5.41) is -0.249. The molecule has 1 aliphatic heterocycles. The summed E-state index contributed by atoms with van der Waals surface area (Å²) in [6, 6.07) is 24.8. The number of benzene rings is 3. The lowest BCUT2D eigenvalue weighted by atomic mass is 10.2. The molecule has 1 heterocycles. The Labute approximate surface area is 176 Å². The van der Waals surface area contributed by atoms with Crippen molar-refractivity contribution in [3.63, 3.8) is 0 Å². The van der Waals surface area contributed by atoms with Crippen molar-refractivity contribution >= 4 is 21.8 Å². The van der Waals surface area contributed by atoms with Crippen LogP contribution in [0.3, 0.4) is 0 Å². The molecule has 150 valence electrons. The third-order valence-corrected chi connectivity index (χ3v) is 8.14. The van der Waals surface area contributed by atoms with Gasteiger partial charge in [0.1, 0.15) is 12.4 Å². The molecule has 1 aliphatic rings. The van der Waals surface area contributed by atoms with Gasteiger partial charge < -0.3 is 4.74 Å². The van der Waals surface area contributed by atoms with Gasteiger partial charge in [-0.15, -0.1) is 11.8 Å². The van der Waals surface area contributed by atoms with E-state index in [1.54, 1.807) is 28.2 Å². The van der Waals surface area contributed by atoms with Crippen LogP contribution in [0, 0.1) is 6.92 Å². The summed E-state index contributed by atoms with van der Waals surface area (Å²) in [6.07, 6.45) is 0. The molecule has 0 unspecified atom stereocenters. The van der Waals surface area contributed by atoms with Gasteiger partial charge in [-0.3, -0.25) is 0 Å². The summed E-state index contributed by atoms with van der Waals surface area (Å²) in [7, 11) is -3.55. The number of ether oxygens (including phenoxy) is 1. The van der Waals surface area contributed by atoms with E-state index in [1.807, 2.05) is 73.7 Å². The summed E-state index contributed by atoms with van der Waals surface area (Å²) in [5.74, 6) is 1.51. The van der Waals surface area contributed by atoms with E-state index in [0.29, 0.717) is 18.0 Å². The van der Waals surface area contributed by atoms with Gasteiger partial charge >= 0.3 is 0 Å². The highest BCUT2D eigenvalue weighted by Crippen LogP contribution is 2.42. The second-order valence-corrected chi connectivity index (χ2v) is 10.1. The standard InChI is InChI=1S/C23H23NO3S2/c1-18-10-12-22(13-11-18)29(25,26)24-14-15-28-23(24)20-8-5-9-21(16-20)27-17-19-6-3-2-4-7-19/h2-13,16,23H,14-15,17H2,1H3/t23-/m1/s1. The van der Waals surface area contributed by atoms with Crippen LogP contribution in [-0.4, -0.2) is 25.0 Å². The molecule has 1 saturated heterocycles. The van der Waals surface area contributed by atoms with E-state index in [4.69, 9.17) is 4.74 Å². The summed E-state index contributed by atoms with van der Waals surface area (Å²) >= 11 is 1.64. The number of hydrogen-bond donors (Lipinski definition) is 0. The van der Waals surface area contributed by atoms with E-state index < -0.39 is 10.0 Å². The molecule has 0 bridgehead atoms. The molecular formula is C23H23NO3S2. The Balaban J connectivity index is 1.55. The van der Waals surface area contributed by atoms with Crippen LogP contribution in [0.2, 0.25) is 0 Å². The van der Waals surface area contributed by atoms with Crippen LogP contribution >= 0.6 is 11.8 Å². The molecule has 3 aromatic rings. The Morgan fingerprint density at radius 1 is 1.00 bits per heavy atom. The topological polar surface area (TPSA) is 46.6 Å². The first-order valence-electron chi connectivity index (χ1n) is 9.51. The average molecular weight is 426 g/mol. The van der Waals surface area contributed by atoms with Crippen molar-refractivity contribution in [2.24, 2.45) is 0 Å². The average Bonchev–Trinajstić information content (AvgIpc) is 3.25. The molecule has 0 N–H and O–H groups in total. The van der Waals surface area contributed by atoms with Crippen LogP contribution in [0.4, 0.5) is 0 Å². The fourth-order valence-electron chi connectivity index (χ4n) is 3.31. The fraction of sp³-hybridized carbons (Fsp3) is 0.217. The Bertz CT molecular complexity index is 1070. The first-order chi connectivity index (χ1) is 14.0. The van der Waals surface area contributed by atoms with Gasteiger partial charge in [0.15, 0.2) is 0 Å². The molecule has 0 saturated carbocycles. The van der Waals surface area contributed by atoms with Crippen molar-refractivity contribution in [1.29, 1.82) is 0 Å². The number of hydrogen-bond acceptors (Lipinski definition) is 4. The Kier molecular flexibility index (Phi) is 5.94. The van der Waals surface area contributed by atoms with Crippen molar-refractivity contribution < 1.29 is 13.2 Å². The molecule has 0 spiro atoms. The number of nitrogens with zero attached hydrogens (tertiary/aromatic N) is 1. The van der Waals surface area contributed by atoms with E-state index in [0.717, 1.165) is 28.2 Å². The lowest BCUT2D eigenvalue weighted by Crippen LogP contribution is -2.30. The predicted molar refractivity (Wildman–Crippen MR) is 117 cm³/mol. The van der Waals surface area contributed by atoms with E-state index in [9.17, 15) is 8.42 Å². The monoisotopic (exact) mass is 425 g/mol. The number of sulfonamides is 1. The van der Waals surface area contributed by atoms with Gasteiger partial charge in [-0.1, -0.05) is 60.2 Å². The van der Waals surface area contributed by atoms with Gasteiger partial charge in [0.25, 0.3) is 0 Å². The summed E-state index contributed by atoms with van der Waals surface area (Å²) in [5.41, 5.74) is 3.07. The Morgan fingerprint density at radius 2 is 1.76 bits per heavy atom. The van der Waals surface area contributed by atoms with E-state index in [1.165, 1.54) is 0 Å². The normalized spacial score (nSPS) is 17.3. The van der Waals surface area contributed by atoms with Crippen LogP contribution in [0.1, 0.15) is 22.1 Å². The molecule has 1 fully saturated rings. The molecular weight excluding hydrogens is 402 g/mol. The van der Waals surface area contributed by atoms with Gasteiger partial charge in [0, 0.05) is 12.3 Å². The zero-order chi connectivity index (χ0) is 20.3. The number of aryl methyl sites for hydroxylation is 1. The minimum atomic E-state index is -3.55. The van der Waals surface area contributed by atoms with Crippen molar-refractivity contribution in [2.75, 3.05) is 12.3 Å². The van der Waals surface area contributed by atoms with Crippen molar-refractivity contribution in [2.45, 2.75) is 23.8 Å². The smallest absolute Gasteiger partial charge is 0.244 e. The fourth-order valence-corrected chi connectivity index (χ4v) is 6.54. The molecule has 0 aliphatic carbocycles. The predicted octanol–water partition coefficient (Wildman–Crippen LogP) is 5.01. The van der Waals surface area contributed by atoms with Crippen molar-refractivity contribution in [3.8, 4) is 5.75 Å². The van der Waals surface area contributed by atoms with E-state index in [2.05, 4.69) is 0 Å². The second kappa shape index (κ2) is 8.61. The van der Waals surface area contributed by atoms with Crippen LogP contribution < -0.4 is 4.74 Å². The lowest BCUT2D eigenvalue weighted by Gasteiger charge is -2.24. The summed E-state index contributed by atoms with van der Waals surface area (Å²) in [6.45, 7) is 2.93. The minimum absolute atomic E-state index is 0.249. The maximum absolute atomic E-state index is 13.2. The minimum Gasteiger partial charge on any atom is -0.489 e. The van der Waals surface area contributed by atoms with Crippen molar-refractivity contribution in [1.82, 2.24) is 4.31 Å². The number of thioether (sulfide) groups is 1. The number of rotatable bonds is 6. The highest BCUT2D eigenvalue weighted by atomic mass is 32.2. The third-order valence-electron chi connectivity index (χ3n) is 4.87. The molecule has 1 atom stereocenters. The van der Waals surface area contributed by atoms with Crippen LogP contribution in [0.5, 0.6) is 5.75 Å². The van der Waals surface area contributed by atoms with Crippen molar-refractivity contribution in [3.05, 3.63) is 95.6 Å². The van der Waals surface area contributed by atoms with Gasteiger partial charge in [-0.25, -0.2) is 8.42 Å². The van der Waals surface area contributed by atoms with E-state index >= 15 is 0 Å². The summed E-state index contributed by atoms with van der Waals surface area (Å²) < 4.78 is 33.9. The molecule has 29 heavy (non-hydrogen) atoms.